The Morgan fingerprint density at radius 2 is 2.23 bits per heavy atom. The normalized spacial score (nSPS) is 10.1. The minimum absolute atomic E-state index is 0.188. The maximum absolute atomic E-state index is 12.2. The number of nitrogens with one attached hydrogen (secondary N) is 1. The van der Waals surface area contributed by atoms with E-state index < -0.39 is 17.7 Å². The summed E-state index contributed by atoms with van der Waals surface area (Å²) in [6.45, 7) is 1.45. The van der Waals surface area contributed by atoms with E-state index in [1.807, 2.05) is 4.98 Å². The van der Waals surface area contributed by atoms with Crippen molar-refractivity contribution in [2.75, 3.05) is 0 Å². The summed E-state index contributed by atoms with van der Waals surface area (Å²) in [5, 5.41) is 8.48. The number of H-pyrrole nitrogens is 1. The molecule has 0 aliphatic rings. The van der Waals surface area contributed by atoms with Gasteiger partial charge in [0.1, 0.15) is 11.8 Å². The van der Waals surface area contributed by atoms with Gasteiger partial charge >= 0.3 is 0 Å². The van der Waals surface area contributed by atoms with Crippen LogP contribution in [0.2, 0.25) is 0 Å². The predicted octanol–water partition coefficient (Wildman–Crippen LogP) is 1.49. The first-order valence-electron chi connectivity index (χ1n) is 3.48. The van der Waals surface area contributed by atoms with E-state index in [9.17, 15) is 13.6 Å². The molecule has 0 unspecified atom stereocenters. The number of aromatic nitrogens is 1. The second-order valence-electron chi connectivity index (χ2n) is 2.52. The molecule has 1 aromatic heterocycles. The number of hydrogen-bond acceptors (Lipinski definition) is 2. The molecule has 0 fully saturated rings. The molecule has 1 rings (SSSR count). The third-order valence-electron chi connectivity index (χ3n) is 1.60. The van der Waals surface area contributed by atoms with E-state index in [1.54, 1.807) is 6.07 Å². The lowest BCUT2D eigenvalue weighted by Gasteiger charge is -2.02. The van der Waals surface area contributed by atoms with Gasteiger partial charge in [-0.2, -0.15) is 5.26 Å². The van der Waals surface area contributed by atoms with Crippen LogP contribution in [0.4, 0.5) is 8.78 Å². The van der Waals surface area contributed by atoms with Crippen LogP contribution in [0.1, 0.15) is 23.2 Å². The maximum atomic E-state index is 12.2. The smallest absolute Gasteiger partial charge is 0.279 e. The molecule has 0 saturated heterocycles. The van der Waals surface area contributed by atoms with E-state index in [-0.39, 0.29) is 11.1 Å². The van der Waals surface area contributed by atoms with Crippen LogP contribution in [0, 0.1) is 18.3 Å². The highest BCUT2D eigenvalue weighted by Gasteiger charge is 2.14. The molecule has 13 heavy (non-hydrogen) atoms. The number of pyridine rings is 1. The highest BCUT2D eigenvalue weighted by Crippen LogP contribution is 2.18. The summed E-state index contributed by atoms with van der Waals surface area (Å²) in [5.74, 6) is 0. The van der Waals surface area contributed by atoms with Crippen molar-refractivity contribution in [1.82, 2.24) is 4.98 Å². The summed E-state index contributed by atoms with van der Waals surface area (Å²) < 4.78 is 24.4. The molecule has 0 aromatic carbocycles. The fourth-order valence-electron chi connectivity index (χ4n) is 0.913. The van der Waals surface area contributed by atoms with Crippen LogP contribution in [0.5, 0.6) is 0 Å². The fraction of sp³-hybridized carbons (Fsp3) is 0.250. The number of halogens is 2. The Labute approximate surface area is 72.6 Å². The van der Waals surface area contributed by atoms with Crippen LogP contribution in [0.25, 0.3) is 0 Å². The van der Waals surface area contributed by atoms with Crippen LogP contribution >= 0.6 is 0 Å². The Kier molecular flexibility index (Phi) is 2.42. The van der Waals surface area contributed by atoms with Gasteiger partial charge in [0.05, 0.1) is 5.56 Å². The van der Waals surface area contributed by atoms with E-state index in [2.05, 4.69) is 0 Å². The first kappa shape index (κ1) is 9.39. The van der Waals surface area contributed by atoms with Crippen LogP contribution in [0.15, 0.2) is 10.9 Å². The number of aryl methyl sites for hydroxylation is 1. The van der Waals surface area contributed by atoms with Gasteiger partial charge in [0, 0.05) is 5.56 Å². The Bertz CT molecular complexity index is 417. The van der Waals surface area contributed by atoms with Gasteiger partial charge in [-0.05, 0) is 13.0 Å². The van der Waals surface area contributed by atoms with Gasteiger partial charge in [0.25, 0.3) is 12.0 Å². The second kappa shape index (κ2) is 3.35. The van der Waals surface area contributed by atoms with Gasteiger partial charge in [-0.1, -0.05) is 0 Å². The average molecular weight is 184 g/mol. The molecule has 0 amide bonds. The molecule has 1 aromatic rings. The lowest BCUT2D eigenvalue weighted by atomic mass is 10.1. The molecular formula is C8H6F2N2O. The van der Waals surface area contributed by atoms with Crippen molar-refractivity contribution in [3.05, 3.63) is 33.2 Å². The highest BCUT2D eigenvalue weighted by atomic mass is 19.3. The van der Waals surface area contributed by atoms with Crippen LogP contribution < -0.4 is 5.56 Å². The van der Waals surface area contributed by atoms with Gasteiger partial charge in [0.2, 0.25) is 0 Å². The zero-order valence-corrected chi connectivity index (χ0v) is 6.77. The number of aromatic amines is 1. The van der Waals surface area contributed by atoms with Gasteiger partial charge in [-0.15, -0.1) is 0 Å². The van der Waals surface area contributed by atoms with Crippen molar-refractivity contribution in [3.63, 3.8) is 0 Å². The van der Waals surface area contributed by atoms with Crippen molar-refractivity contribution in [2.45, 2.75) is 13.3 Å². The standard InChI is InChI=1S/C8H6F2N2O/c1-4-2-5(3-11)6(7(9)10)12-8(4)13/h2,7H,1H3,(H,12,13). The van der Waals surface area contributed by atoms with Crippen LogP contribution in [0.3, 0.4) is 0 Å². The number of nitriles is 1. The molecular weight excluding hydrogens is 178 g/mol. The topological polar surface area (TPSA) is 56.6 Å². The molecule has 68 valence electrons. The number of alkyl halides is 2. The van der Waals surface area contributed by atoms with Gasteiger partial charge < -0.3 is 4.98 Å². The second-order valence-corrected chi connectivity index (χ2v) is 2.52. The summed E-state index contributed by atoms with van der Waals surface area (Å²) in [5.41, 5.74) is -1.14. The summed E-state index contributed by atoms with van der Waals surface area (Å²) >= 11 is 0. The Morgan fingerprint density at radius 3 is 2.69 bits per heavy atom. The lowest BCUT2D eigenvalue weighted by molar-refractivity contribution is 0.145. The van der Waals surface area contributed by atoms with Crippen molar-refractivity contribution < 1.29 is 8.78 Å². The molecule has 5 heteroatoms. The summed E-state index contributed by atoms with van der Waals surface area (Å²) in [6.07, 6.45) is -2.83. The maximum Gasteiger partial charge on any atom is 0.279 e. The van der Waals surface area contributed by atoms with E-state index in [0.29, 0.717) is 0 Å². The van der Waals surface area contributed by atoms with Crippen LogP contribution in [-0.4, -0.2) is 4.98 Å². The van der Waals surface area contributed by atoms with Crippen LogP contribution in [-0.2, 0) is 0 Å². The molecule has 0 saturated carbocycles. The van der Waals surface area contributed by atoms with E-state index in [0.717, 1.165) is 6.07 Å². The molecule has 0 aliphatic heterocycles. The highest BCUT2D eigenvalue weighted by molar-refractivity contribution is 5.36. The van der Waals surface area contributed by atoms with E-state index >= 15 is 0 Å². The molecule has 0 atom stereocenters. The molecule has 0 aliphatic carbocycles. The molecule has 0 bridgehead atoms. The number of rotatable bonds is 1. The Morgan fingerprint density at radius 1 is 1.62 bits per heavy atom. The lowest BCUT2D eigenvalue weighted by Crippen LogP contribution is -2.13. The van der Waals surface area contributed by atoms with Crippen molar-refractivity contribution >= 4 is 0 Å². The summed E-state index contributed by atoms with van der Waals surface area (Å²) in [4.78, 5) is 12.9. The summed E-state index contributed by atoms with van der Waals surface area (Å²) in [7, 11) is 0. The predicted molar refractivity (Wildman–Crippen MR) is 41.5 cm³/mol. The molecule has 0 radical (unpaired) electrons. The largest absolute Gasteiger partial charge is 0.320 e. The number of hydrogen-bond donors (Lipinski definition) is 1. The average Bonchev–Trinajstić information content (AvgIpc) is 2.08. The Balaban J connectivity index is 3.44. The first-order chi connectivity index (χ1) is 6.06. The van der Waals surface area contributed by atoms with E-state index in [4.69, 9.17) is 5.26 Å². The van der Waals surface area contributed by atoms with Gasteiger partial charge in [-0.25, -0.2) is 8.78 Å². The Hall–Kier alpha value is -1.70. The zero-order valence-electron chi connectivity index (χ0n) is 6.77. The van der Waals surface area contributed by atoms with Crippen molar-refractivity contribution in [1.29, 1.82) is 5.26 Å². The molecule has 1 heterocycles. The third-order valence-corrected chi connectivity index (χ3v) is 1.60. The minimum atomic E-state index is -2.83. The monoisotopic (exact) mass is 184 g/mol. The van der Waals surface area contributed by atoms with Gasteiger partial charge in [0.15, 0.2) is 0 Å². The molecule has 1 N–H and O–H groups in total. The first-order valence-corrected chi connectivity index (χ1v) is 3.48. The minimum Gasteiger partial charge on any atom is -0.320 e. The summed E-state index contributed by atoms with van der Waals surface area (Å²) in [6, 6.07) is 2.75. The zero-order chi connectivity index (χ0) is 10.0. The molecule has 3 nitrogen and oxygen atoms in total. The third kappa shape index (κ3) is 1.72. The van der Waals surface area contributed by atoms with E-state index in [1.165, 1.54) is 6.92 Å². The fourth-order valence-corrected chi connectivity index (χ4v) is 0.913. The quantitative estimate of drug-likeness (QED) is 0.718. The SMILES string of the molecule is Cc1cc(C#N)c(C(F)F)[nH]c1=O. The molecule has 0 spiro atoms. The van der Waals surface area contributed by atoms with Gasteiger partial charge in [-0.3, -0.25) is 4.79 Å². The number of nitrogens with zero attached hydrogens (tertiary/aromatic N) is 1. The van der Waals surface area contributed by atoms with Crippen molar-refractivity contribution in [2.24, 2.45) is 0 Å². The van der Waals surface area contributed by atoms with Crippen molar-refractivity contribution in [3.8, 4) is 6.07 Å².